The lowest BCUT2D eigenvalue weighted by molar-refractivity contribution is 0.117. The molecule has 1 aliphatic carbocycles. The lowest BCUT2D eigenvalue weighted by Gasteiger charge is -2.28. The summed E-state index contributed by atoms with van der Waals surface area (Å²) < 4.78 is 11.0. The van der Waals surface area contributed by atoms with Crippen molar-refractivity contribution in [2.24, 2.45) is 4.99 Å². The molecule has 2 fully saturated rings. The van der Waals surface area contributed by atoms with Crippen molar-refractivity contribution in [1.82, 2.24) is 10.6 Å². The maximum absolute atomic E-state index is 9.65. The number of aliphatic hydroxyl groups is 1. The molecule has 0 aromatic carbocycles. The molecule has 6 nitrogen and oxygen atoms in total. The van der Waals surface area contributed by atoms with Crippen LogP contribution in [-0.4, -0.2) is 49.0 Å². The van der Waals surface area contributed by atoms with Gasteiger partial charge in [0.15, 0.2) is 5.96 Å². The van der Waals surface area contributed by atoms with E-state index in [9.17, 15) is 5.11 Å². The Hall–Kier alpha value is -0.800. The highest BCUT2D eigenvalue weighted by molar-refractivity contribution is 14.0. The first-order chi connectivity index (χ1) is 11.8. The Kier molecular flexibility index (Phi) is 9.05. The summed E-state index contributed by atoms with van der Waals surface area (Å²) >= 11 is 0. The fraction of sp³-hybridized carbons (Fsp3) is 0.722. The minimum atomic E-state index is -0.137. The number of rotatable bonds is 6. The monoisotopic (exact) mass is 463 g/mol. The van der Waals surface area contributed by atoms with Gasteiger partial charge in [0.05, 0.1) is 25.0 Å². The molecule has 0 radical (unpaired) electrons. The van der Waals surface area contributed by atoms with Crippen molar-refractivity contribution in [1.29, 1.82) is 0 Å². The molecule has 2 heterocycles. The number of guanidine groups is 1. The first-order valence-electron chi connectivity index (χ1n) is 9.16. The molecule has 1 aromatic rings. The third kappa shape index (κ3) is 7.15. The van der Waals surface area contributed by atoms with Crippen LogP contribution in [0.5, 0.6) is 0 Å². The molecule has 3 N–H and O–H groups in total. The van der Waals surface area contributed by atoms with Crippen molar-refractivity contribution in [3.05, 3.63) is 24.2 Å². The van der Waals surface area contributed by atoms with Crippen LogP contribution in [0, 0.1) is 0 Å². The van der Waals surface area contributed by atoms with Crippen molar-refractivity contribution >= 4 is 29.9 Å². The van der Waals surface area contributed by atoms with Crippen molar-refractivity contribution in [2.75, 3.05) is 19.7 Å². The number of hydrogen-bond donors (Lipinski definition) is 3. The molecular weight excluding hydrogens is 433 g/mol. The van der Waals surface area contributed by atoms with Crippen LogP contribution in [0.25, 0.3) is 0 Å². The Labute approximate surface area is 166 Å². The average molecular weight is 463 g/mol. The molecular formula is C18H30IN3O3. The van der Waals surface area contributed by atoms with Crippen LogP contribution in [0.2, 0.25) is 0 Å². The predicted octanol–water partition coefficient (Wildman–Crippen LogP) is 2.46. The molecule has 142 valence electrons. The molecule has 25 heavy (non-hydrogen) atoms. The number of halogens is 1. The fourth-order valence-electron chi connectivity index (χ4n) is 3.31. The quantitative estimate of drug-likeness (QED) is 0.343. The van der Waals surface area contributed by atoms with Crippen molar-refractivity contribution < 1.29 is 14.3 Å². The maximum Gasteiger partial charge on any atom is 0.191 e. The zero-order valence-corrected chi connectivity index (χ0v) is 17.0. The zero-order valence-electron chi connectivity index (χ0n) is 14.7. The van der Waals surface area contributed by atoms with Gasteiger partial charge in [-0.2, -0.15) is 0 Å². The minimum Gasteiger partial charge on any atom is -0.469 e. The topological polar surface area (TPSA) is 79.0 Å². The smallest absolute Gasteiger partial charge is 0.191 e. The molecule has 7 heteroatoms. The van der Waals surface area contributed by atoms with E-state index in [4.69, 9.17) is 14.1 Å². The lowest BCUT2D eigenvalue weighted by Crippen LogP contribution is -2.46. The van der Waals surface area contributed by atoms with Crippen LogP contribution in [0.1, 0.15) is 44.3 Å². The Morgan fingerprint density at radius 1 is 1.24 bits per heavy atom. The largest absolute Gasteiger partial charge is 0.469 e. The Balaban J connectivity index is 0.00000225. The SMILES string of the molecule is I.OC1CCC(NC(=NCC2CCCO2)NCCc2ccco2)CC1. The summed E-state index contributed by atoms with van der Waals surface area (Å²) in [6, 6.07) is 4.28. The second kappa shape index (κ2) is 11.0. The molecule has 2 aliphatic rings. The zero-order chi connectivity index (χ0) is 16.6. The fourth-order valence-corrected chi connectivity index (χ4v) is 3.31. The van der Waals surface area contributed by atoms with Crippen molar-refractivity contribution in [2.45, 2.75) is 63.2 Å². The third-order valence-electron chi connectivity index (χ3n) is 4.76. The third-order valence-corrected chi connectivity index (χ3v) is 4.76. The molecule has 1 atom stereocenters. The first kappa shape index (κ1) is 20.5. The van der Waals surface area contributed by atoms with E-state index in [1.807, 2.05) is 12.1 Å². The van der Waals surface area contributed by atoms with E-state index in [0.29, 0.717) is 12.6 Å². The summed E-state index contributed by atoms with van der Waals surface area (Å²) in [5.41, 5.74) is 0. The highest BCUT2D eigenvalue weighted by Crippen LogP contribution is 2.18. The Morgan fingerprint density at radius 3 is 2.76 bits per heavy atom. The van der Waals surface area contributed by atoms with Crippen LogP contribution in [0.4, 0.5) is 0 Å². The van der Waals surface area contributed by atoms with E-state index in [0.717, 1.165) is 69.8 Å². The normalized spacial score (nSPS) is 26.9. The minimum absolute atomic E-state index is 0. The average Bonchev–Trinajstić information content (AvgIpc) is 3.28. The van der Waals surface area contributed by atoms with Gasteiger partial charge in [-0.3, -0.25) is 4.99 Å². The molecule has 1 saturated carbocycles. The van der Waals surface area contributed by atoms with E-state index in [1.165, 1.54) is 0 Å². The Bertz CT molecular complexity index is 496. The van der Waals surface area contributed by atoms with Gasteiger partial charge in [-0.05, 0) is 50.7 Å². The summed E-state index contributed by atoms with van der Waals surface area (Å²) in [6.07, 6.45) is 8.58. The summed E-state index contributed by atoms with van der Waals surface area (Å²) in [7, 11) is 0. The number of furan rings is 1. The summed E-state index contributed by atoms with van der Waals surface area (Å²) in [5.74, 6) is 1.82. The molecule has 3 rings (SSSR count). The predicted molar refractivity (Wildman–Crippen MR) is 109 cm³/mol. The molecule has 1 aromatic heterocycles. The van der Waals surface area contributed by atoms with E-state index >= 15 is 0 Å². The van der Waals surface area contributed by atoms with Crippen molar-refractivity contribution in [3.63, 3.8) is 0 Å². The number of ether oxygens (including phenoxy) is 1. The molecule has 0 amide bonds. The van der Waals surface area contributed by atoms with Gasteiger partial charge in [0.2, 0.25) is 0 Å². The second-order valence-electron chi connectivity index (χ2n) is 6.73. The number of aliphatic imine (C=N–C) groups is 1. The molecule has 1 unspecified atom stereocenters. The van der Waals surface area contributed by atoms with E-state index in [2.05, 4.69) is 10.6 Å². The van der Waals surface area contributed by atoms with Gasteiger partial charge in [0.1, 0.15) is 5.76 Å². The van der Waals surface area contributed by atoms with Gasteiger partial charge < -0.3 is 24.9 Å². The van der Waals surface area contributed by atoms with Gasteiger partial charge in [0, 0.05) is 25.6 Å². The first-order valence-corrected chi connectivity index (χ1v) is 9.16. The maximum atomic E-state index is 9.65. The van der Waals surface area contributed by atoms with Gasteiger partial charge in [0.25, 0.3) is 0 Å². The standard InChI is InChI=1S/C18H29N3O3.HI/c22-15-7-5-14(6-8-15)21-18(20-13-17-4-2-12-24-17)19-10-9-16-3-1-11-23-16;/h1,3,11,14-15,17,22H,2,4-10,12-13H2,(H2,19,20,21);1H. The van der Waals surface area contributed by atoms with Crippen LogP contribution >= 0.6 is 24.0 Å². The Morgan fingerprint density at radius 2 is 2.08 bits per heavy atom. The number of aliphatic hydroxyl groups excluding tert-OH is 1. The lowest BCUT2D eigenvalue weighted by atomic mass is 9.93. The van der Waals surface area contributed by atoms with Gasteiger partial charge in [-0.15, -0.1) is 24.0 Å². The number of nitrogens with zero attached hydrogens (tertiary/aromatic N) is 1. The summed E-state index contributed by atoms with van der Waals surface area (Å²) in [5, 5.41) is 16.6. The van der Waals surface area contributed by atoms with Crippen LogP contribution in [0.15, 0.2) is 27.8 Å². The van der Waals surface area contributed by atoms with Crippen LogP contribution in [0.3, 0.4) is 0 Å². The molecule has 0 bridgehead atoms. The summed E-state index contributed by atoms with van der Waals surface area (Å²) in [6.45, 7) is 2.33. The highest BCUT2D eigenvalue weighted by Gasteiger charge is 2.21. The van der Waals surface area contributed by atoms with Gasteiger partial charge in [-0.25, -0.2) is 0 Å². The van der Waals surface area contributed by atoms with Crippen LogP contribution < -0.4 is 10.6 Å². The summed E-state index contributed by atoms with van der Waals surface area (Å²) in [4.78, 5) is 4.71. The molecule has 0 spiro atoms. The number of nitrogens with one attached hydrogen (secondary N) is 2. The van der Waals surface area contributed by atoms with E-state index in [1.54, 1.807) is 6.26 Å². The van der Waals surface area contributed by atoms with Gasteiger partial charge >= 0.3 is 0 Å². The highest BCUT2D eigenvalue weighted by atomic mass is 127. The van der Waals surface area contributed by atoms with E-state index < -0.39 is 0 Å². The van der Waals surface area contributed by atoms with E-state index in [-0.39, 0.29) is 36.2 Å². The van der Waals surface area contributed by atoms with Gasteiger partial charge in [-0.1, -0.05) is 0 Å². The molecule has 1 saturated heterocycles. The van der Waals surface area contributed by atoms with Crippen molar-refractivity contribution in [3.8, 4) is 0 Å². The second-order valence-corrected chi connectivity index (χ2v) is 6.73. The molecule has 1 aliphatic heterocycles. The number of hydrogen-bond acceptors (Lipinski definition) is 4. The van der Waals surface area contributed by atoms with Crippen LogP contribution in [-0.2, 0) is 11.2 Å².